The van der Waals surface area contributed by atoms with Gasteiger partial charge < -0.3 is 10.6 Å². The zero-order chi connectivity index (χ0) is 15.8. The Morgan fingerprint density at radius 2 is 1.95 bits per heavy atom. The first-order chi connectivity index (χ1) is 9.72. The highest BCUT2D eigenvalue weighted by Crippen LogP contribution is 2.19. The molecule has 6 nitrogen and oxygen atoms in total. The van der Waals surface area contributed by atoms with Crippen molar-refractivity contribution in [2.24, 2.45) is 0 Å². The standard InChI is InChI=1S/C15H19N3O3/c1-9-6-5-7-11(10(9)2)16-12(19)8-18-13(20)15(3,4)17-14(18)21/h5-7H,8H2,1-4H3,(H,16,19)(H,17,21). The number of amides is 4. The van der Waals surface area contributed by atoms with Crippen LogP contribution in [0, 0.1) is 13.8 Å². The number of nitrogens with zero attached hydrogens (tertiary/aromatic N) is 1. The summed E-state index contributed by atoms with van der Waals surface area (Å²) >= 11 is 0. The maximum atomic E-state index is 12.0. The van der Waals surface area contributed by atoms with Crippen molar-refractivity contribution in [1.82, 2.24) is 10.2 Å². The number of anilines is 1. The zero-order valence-electron chi connectivity index (χ0n) is 12.6. The predicted molar refractivity (Wildman–Crippen MR) is 78.9 cm³/mol. The summed E-state index contributed by atoms with van der Waals surface area (Å²) in [7, 11) is 0. The van der Waals surface area contributed by atoms with E-state index < -0.39 is 23.4 Å². The van der Waals surface area contributed by atoms with Crippen LogP contribution in [-0.4, -0.2) is 34.8 Å². The second kappa shape index (κ2) is 5.20. The first-order valence-electron chi connectivity index (χ1n) is 6.72. The molecule has 0 atom stereocenters. The van der Waals surface area contributed by atoms with Crippen LogP contribution >= 0.6 is 0 Å². The molecule has 0 unspecified atom stereocenters. The third-order valence-corrected chi connectivity index (χ3v) is 3.62. The van der Waals surface area contributed by atoms with Crippen LogP contribution in [0.2, 0.25) is 0 Å². The predicted octanol–water partition coefficient (Wildman–Crippen LogP) is 1.57. The second-order valence-electron chi connectivity index (χ2n) is 5.74. The molecule has 0 radical (unpaired) electrons. The Labute approximate surface area is 123 Å². The van der Waals surface area contributed by atoms with Gasteiger partial charge in [0.05, 0.1) is 0 Å². The lowest BCUT2D eigenvalue weighted by molar-refractivity contribution is -0.132. The van der Waals surface area contributed by atoms with Crippen molar-refractivity contribution in [3.8, 4) is 0 Å². The number of aryl methyl sites for hydroxylation is 1. The first kappa shape index (κ1) is 15.0. The molecule has 1 heterocycles. The van der Waals surface area contributed by atoms with Gasteiger partial charge in [0, 0.05) is 5.69 Å². The summed E-state index contributed by atoms with van der Waals surface area (Å²) < 4.78 is 0. The van der Waals surface area contributed by atoms with Crippen molar-refractivity contribution in [2.45, 2.75) is 33.2 Å². The number of hydrogen-bond donors (Lipinski definition) is 2. The van der Waals surface area contributed by atoms with E-state index >= 15 is 0 Å². The highest BCUT2D eigenvalue weighted by molar-refractivity contribution is 6.09. The van der Waals surface area contributed by atoms with Crippen LogP contribution in [0.4, 0.5) is 10.5 Å². The van der Waals surface area contributed by atoms with Crippen LogP contribution in [0.15, 0.2) is 18.2 Å². The minimum Gasteiger partial charge on any atom is -0.324 e. The fourth-order valence-corrected chi connectivity index (χ4v) is 2.18. The normalized spacial score (nSPS) is 16.9. The molecule has 21 heavy (non-hydrogen) atoms. The summed E-state index contributed by atoms with van der Waals surface area (Å²) in [6.45, 7) is 6.78. The summed E-state index contributed by atoms with van der Waals surface area (Å²) in [4.78, 5) is 36.7. The molecule has 1 aliphatic heterocycles. The van der Waals surface area contributed by atoms with Gasteiger partial charge in [-0.3, -0.25) is 14.5 Å². The summed E-state index contributed by atoms with van der Waals surface area (Å²) in [5.74, 6) is -0.798. The Hall–Kier alpha value is -2.37. The van der Waals surface area contributed by atoms with Crippen molar-refractivity contribution in [3.05, 3.63) is 29.3 Å². The Balaban J connectivity index is 2.08. The molecule has 1 aromatic carbocycles. The van der Waals surface area contributed by atoms with Gasteiger partial charge in [0.2, 0.25) is 5.91 Å². The minimum atomic E-state index is -0.962. The monoisotopic (exact) mass is 289 g/mol. The number of carbonyl (C=O) groups is 3. The van der Waals surface area contributed by atoms with Crippen molar-refractivity contribution in [1.29, 1.82) is 0 Å². The molecule has 112 valence electrons. The molecule has 0 bridgehead atoms. The quantitative estimate of drug-likeness (QED) is 0.829. The van der Waals surface area contributed by atoms with Gasteiger partial charge in [0.15, 0.2) is 0 Å². The van der Waals surface area contributed by atoms with E-state index in [9.17, 15) is 14.4 Å². The van der Waals surface area contributed by atoms with Crippen molar-refractivity contribution >= 4 is 23.5 Å². The van der Waals surface area contributed by atoms with E-state index in [1.807, 2.05) is 26.0 Å². The van der Waals surface area contributed by atoms with Crippen LogP contribution in [0.25, 0.3) is 0 Å². The topological polar surface area (TPSA) is 78.5 Å². The van der Waals surface area contributed by atoms with E-state index in [0.29, 0.717) is 5.69 Å². The molecule has 4 amide bonds. The van der Waals surface area contributed by atoms with E-state index in [0.717, 1.165) is 16.0 Å². The molecule has 2 N–H and O–H groups in total. The molecule has 2 rings (SSSR count). The number of hydrogen-bond acceptors (Lipinski definition) is 3. The molecule has 0 saturated carbocycles. The number of carbonyl (C=O) groups excluding carboxylic acids is 3. The van der Waals surface area contributed by atoms with Crippen LogP contribution in [0.1, 0.15) is 25.0 Å². The molecule has 1 fully saturated rings. The van der Waals surface area contributed by atoms with Crippen LogP contribution < -0.4 is 10.6 Å². The summed E-state index contributed by atoms with van der Waals surface area (Å²) in [6.07, 6.45) is 0. The molecular weight excluding hydrogens is 270 g/mol. The third-order valence-electron chi connectivity index (χ3n) is 3.62. The fraction of sp³-hybridized carbons (Fsp3) is 0.400. The Kier molecular flexibility index (Phi) is 3.72. The lowest BCUT2D eigenvalue weighted by atomic mass is 10.1. The number of urea groups is 1. The maximum absolute atomic E-state index is 12.0. The average Bonchev–Trinajstić information content (AvgIpc) is 2.57. The van der Waals surface area contributed by atoms with Gasteiger partial charge in [-0.15, -0.1) is 0 Å². The van der Waals surface area contributed by atoms with Gasteiger partial charge >= 0.3 is 6.03 Å². The SMILES string of the molecule is Cc1cccc(NC(=O)CN2C(=O)NC(C)(C)C2=O)c1C. The molecule has 6 heteroatoms. The number of imide groups is 1. The minimum absolute atomic E-state index is 0.290. The van der Waals surface area contributed by atoms with E-state index in [1.165, 1.54) is 0 Å². The Morgan fingerprint density at radius 1 is 1.29 bits per heavy atom. The number of rotatable bonds is 3. The lowest BCUT2D eigenvalue weighted by Crippen LogP contribution is -2.41. The van der Waals surface area contributed by atoms with Gasteiger partial charge in [-0.25, -0.2) is 4.79 Å². The third kappa shape index (κ3) is 2.89. The summed E-state index contributed by atoms with van der Waals surface area (Å²) in [5.41, 5.74) is 1.75. The molecule has 1 aromatic rings. The van der Waals surface area contributed by atoms with Gasteiger partial charge in [-0.2, -0.15) is 0 Å². The van der Waals surface area contributed by atoms with Crippen LogP contribution in [0.5, 0.6) is 0 Å². The van der Waals surface area contributed by atoms with Gasteiger partial charge in [-0.05, 0) is 44.9 Å². The zero-order valence-corrected chi connectivity index (χ0v) is 12.6. The molecule has 0 aromatic heterocycles. The van der Waals surface area contributed by atoms with Gasteiger partial charge in [0.1, 0.15) is 12.1 Å². The smallest absolute Gasteiger partial charge is 0.324 e. The molecule has 1 saturated heterocycles. The van der Waals surface area contributed by atoms with Crippen molar-refractivity contribution in [2.75, 3.05) is 11.9 Å². The first-order valence-corrected chi connectivity index (χ1v) is 6.72. The average molecular weight is 289 g/mol. The lowest BCUT2D eigenvalue weighted by Gasteiger charge is -2.16. The van der Waals surface area contributed by atoms with Crippen LogP contribution in [0.3, 0.4) is 0 Å². The number of nitrogens with one attached hydrogen (secondary N) is 2. The highest BCUT2D eigenvalue weighted by Gasteiger charge is 2.44. The number of benzene rings is 1. The molecule has 0 aliphatic carbocycles. The van der Waals surface area contributed by atoms with E-state index in [-0.39, 0.29) is 6.54 Å². The maximum Gasteiger partial charge on any atom is 0.325 e. The Bertz CT molecular complexity index is 623. The highest BCUT2D eigenvalue weighted by atomic mass is 16.2. The Morgan fingerprint density at radius 3 is 2.52 bits per heavy atom. The van der Waals surface area contributed by atoms with Crippen LogP contribution in [-0.2, 0) is 9.59 Å². The molecule has 1 aliphatic rings. The van der Waals surface area contributed by atoms with Gasteiger partial charge in [-0.1, -0.05) is 12.1 Å². The van der Waals surface area contributed by atoms with Gasteiger partial charge in [0.25, 0.3) is 5.91 Å². The molecular formula is C15H19N3O3. The van der Waals surface area contributed by atoms with Crippen molar-refractivity contribution < 1.29 is 14.4 Å². The van der Waals surface area contributed by atoms with E-state index in [2.05, 4.69) is 10.6 Å². The fourth-order valence-electron chi connectivity index (χ4n) is 2.18. The van der Waals surface area contributed by atoms with E-state index in [1.54, 1.807) is 19.9 Å². The summed E-state index contributed by atoms with van der Waals surface area (Å²) in [6, 6.07) is 5.04. The largest absolute Gasteiger partial charge is 0.325 e. The molecule has 0 spiro atoms. The van der Waals surface area contributed by atoms with Crippen molar-refractivity contribution in [3.63, 3.8) is 0 Å². The summed E-state index contributed by atoms with van der Waals surface area (Å²) in [5, 5.41) is 5.27. The van der Waals surface area contributed by atoms with E-state index in [4.69, 9.17) is 0 Å². The second-order valence-corrected chi connectivity index (χ2v) is 5.74.